The Morgan fingerprint density at radius 1 is 1.38 bits per heavy atom. The first kappa shape index (κ1) is 13.4. The Labute approximate surface area is 119 Å². The summed E-state index contributed by atoms with van der Waals surface area (Å²) in [7, 11) is 0. The molecule has 1 atom stereocenters. The Bertz CT molecular complexity index is 764. The summed E-state index contributed by atoms with van der Waals surface area (Å²) in [6, 6.07) is 9.09. The number of fused-ring (bicyclic) bond motifs is 1. The van der Waals surface area contributed by atoms with Crippen molar-refractivity contribution in [1.29, 1.82) is 0 Å². The van der Waals surface area contributed by atoms with E-state index in [0.717, 1.165) is 0 Å². The van der Waals surface area contributed by atoms with E-state index in [9.17, 15) is 14.3 Å². The highest BCUT2D eigenvalue weighted by Gasteiger charge is 2.14. The van der Waals surface area contributed by atoms with Crippen LogP contribution in [-0.2, 0) is 0 Å². The lowest BCUT2D eigenvalue weighted by Gasteiger charge is -2.08. The molecule has 0 fully saturated rings. The first-order valence-electron chi connectivity index (χ1n) is 6.41. The van der Waals surface area contributed by atoms with Gasteiger partial charge < -0.3 is 19.8 Å². The zero-order chi connectivity index (χ0) is 14.8. The third kappa shape index (κ3) is 2.80. The van der Waals surface area contributed by atoms with Gasteiger partial charge in [0.15, 0.2) is 0 Å². The van der Waals surface area contributed by atoms with Gasteiger partial charge in [0.1, 0.15) is 23.4 Å². The number of hydrogen-bond donors (Lipinski definition) is 3. The lowest BCUT2D eigenvalue weighted by Crippen LogP contribution is -2.28. The number of furan rings is 1. The predicted molar refractivity (Wildman–Crippen MR) is 74.3 cm³/mol. The molecule has 3 N–H and O–H groups in total. The van der Waals surface area contributed by atoms with Crippen molar-refractivity contribution in [3.63, 3.8) is 0 Å². The number of carbonyl (C=O) groups is 1. The fourth-order valence-corrected chi connectivity index (χ4v) is 2.09. The number of nitrogens with one attached hydrogen (secondary N) is 2. The van der Waals surface area contributed by atoms with Crippen LogP contribution in [0, 0.1) is 5.82 Å². The van der Waals surface area contributed by atoms with Crippen LogP contribution in [-0.4, -0.2) is 22.5 Å². The van der Waals surface area contributed by atoms with Crippen molar-refractivity contribution in [1.82, 2.24) is 10.3 Å². The summed E-state index contributed by atoms with van der Waals surface area (Å²) in [5.74, 6) is -0.354. The average Bonchev–Trinajstić information content (AvgIpc) is 3.12. The van der Waals surface area contributed by atoms with Gasteiger partial charge in [0.05, 0.1) is 12.8 Å². The molecule has 5 nitrogen and oxygen atoms in total. The number of halogens is 1. The van der Waals surface area contributed by atoms with E-state index in [1.165, 1.54) is 18.4 Å². The Morgan fingerprint density at radius 2 is 2.24 bits per heavy atom. The molecule has 0 saturated heterocycles. The van der Waals surface area contributed by atoms with Gasteiger partial charge in [-0.1, -0.05) is 0 Å². The summed E-state index contributed by atoms with van der Waals surface area (Å²) in [5, 5.41) is 13.0. The maximum Gasteiger partial charge on any atom is 0.267 e. The van der Waals surface area contributed by atoms with E-state index < -0.39 is 6.10 Å². The van der Waals surface area contributed by atoms with Crippen LogP contribution in [0.4, 0.5) is 4.39 Å². The van der Waals surface area contributed by atoms with Crippen molar-refractivity contribution in [2.24, 2.45) is 0 Å². The number of rotatable bonds is 4. The standard InChI is InChI=1S/C15H13FN2O3/c16-10-3-4-11-9(6-10)7-12(18-11)15(20)17-8-13(19)14-2-1-5-21-14/h1-7,13,18-19H,8H2,(H,17,20). The number of aliphatic hydroxyl groups excluding tert-OH is 1. The Morgan fingerprint density at radius 3 is 3.00 bits per heavy atom. The van der Waals surface area contributed by atoms with Crippen LogP contribution in [0.1, 0.15) is 22.4 Å². The maximum absolute atomic E-state index is 13.1. The summed E-state index contributed by atoms with van der Waals surface area (Å²) >= 11 is 0. The molecular weight excluding hydrogens is 275 g/mol. The number of carbonyl (C=O) groups excluding carboxylic acids is 1. The monoisotopic (exact) mass is 288 g/mol. The molecule has 2 aromatic heterocycles. The van der Waals surface area contributed by atoms with E-state index in [1.807, 2.05) is 0 Å². The lowest BCUT2D eigenvalue weighted by molar-refractivity contribution is 0.0897. The number of benzene rings is 1. The molecule has 1 unspecified atom stereocenters. The number of hydrogen-bond acceptors (Lipinski definition) is 3. The molecule has 2 heterocycles. The molecule has 108 valence electrons. The van der Waals surface area contributed by atoms with Gasteiger partial charge in [-0.2, -0.15) is 0 Å². The van der Waals surface area contributed by atoms with E-state index >= 15 is 0 Å². The van der Waals surface area contributed by atoms with Crippen LogP contribution < -0.4 is 5.32 Å². The molecule has 0 aliphatic heterocycles. The molecular formula is C15H13FN2O3. The summed E-state index contributed by atoms with van der Waals surface area (Å²) in [6.07, 6.45) is 0.540. The van der Waals surface area contributed by atoms with Crippen molar-refractivity contribution in [2.75, 3.05) is 6.54 Å². The highest BCUT2D eigenvalue weighted by molar-refractivity contribution is 5.98. The predicted octanol–water partition coefficient (Wildman–Crippen LogP) is 2.36. The number of H-pyrrole nitrogens is 1. The topological polar surface area (TPSA) is 78.3 Å². The van der Waals surface area contributed by atoms with E-state index in [1.54, 1.807) is 24.3 Å². The zero-order valence-electron chi connectivity index (χ0n) is 11.0. The van der Waals surface area contributed by atoms with Gasteiger partial charge in [-0.25, -0.2) is 4.39 Å². The Balaban J connectivity index is 1.69. The van der Waals surface area contributed by atoms with Crippen molar-refractivity contribution in [2.45, 2.75) is 6.10 Å². The first-order chi connectivity index (χ1) is 10.1. The molecule has 0 aliphatic rings. The van der Waals surface area contributed by atoms with E-state index in [2.05, 4.69) is 10.3 Å². The van der Waals surface area contributed by atoms with Gasteiger partial charge in [-0.05, 0) is 36.4 Å². The van der Waals surface area contributed by atoms with Crippen LogP contribution in [0.25, 0.3) is 10.9 Å². The van der Waals surface area contributed by atoms with Crippen molar-refractivity contribution in [3.05, 3.63) is 59.9 Å². The molecule has 0 radical (unpaired) electrons. The quantitative estimate of drug-likeness (QED) is 0.689. The van der Waals surface area contributed by atoms with Gasteiger partial charge in [0.25, 0.3) is 5.91 Å². The smallest absolute Gasteiger partial charge is 0.267 e. The molecule has 3 rings (SSSR count). The number of aromatic nitrogens is 1. The van der Waals surface area contributed by atoms with Crippen molar-refractivity contribution < 1.29 is 18.7 Å². The van der Waals surface area contributed by atoms with Crippen LogP contribution in [0.2, 0.25) is 0 Å². The Hall–Kier alpha value is -2.60. The van der Waals surface area contributed by atoms with E-state index in [4.69, 9.17) is 4.42 Å². The summed E-state index contributed by atoms with van der Waals surface area (Å²) in [4.78, 5) is 14.9. The van der Waals surface area contributed by atoms with E-state index in [0.29, 0.717) is 22.4 Å². The second-order valence-electron chi connectivity index (χ2n) is 4.66. The molecule has 6 heteroatoms. The molecule has 0 aliphatic carbocycles. The van der Waals surface area contributed by atoms with Crippen molar-refractivity contribution in [3.8, 4) is 0 Å². The fraction of sp³-hybridized carbons (Fsp3) is 0.133. The number of aromatic amines is 1. The highest BCUT2D eigenvalue weighted by Crippen LogP contribution is 2.17. The minimum atomic E-state index is -0.911. The zero-order valence-corrected chi connectivity index (χ0v) is 11.0. The van der Waals surface area contributed by atoms with Gasteiger partial charge in [0.2, 0.25) is 0 Å². The van der Waals surface area contributed by atoms with Crippen LogP contribution >= 0.6 is 0 Å². The minimum absolute atomic E-state index is 0.0239. The SMILES string of the molecule is O=C(NCC(O)c1ccco1)c1cc2cc(F)ccc2[nH]1. The Kier molecular flexibility index (Phi) is 3.45. The first-order valence-corrected chi connectivity index (χ1v) is 6.41. The molecule has 0 saturated carbocycles. The van der Waals surface area contributed by atoms with Gasteiger partial charge in [0, 0.05) is 10.9 Å². The maximum atomic E-state index is 13.1. The van der Waals surface area contributed by atoms with Gasteiger partial charge in [-0.15, -0.1) is 0 Å². The molecule has 1 amide bonds. The fourth-order valence-electron chi connectivity index (χ4n) is 2.09. The highest BCUT2D eigenvalue weighted by atomic mass is 19.1. The van der Waals surface area contributed by atoms with Crippen LogP contribution in [0.15, 0.2) is 47.1 Å². The third-order valence-corrected chi connectivity index (χ3v) is 3.15. The second kappa shape index (κ2) is 5.41. The van der Waals surface area contributed by atoms with E-state index in [-0.39, 0.29) is 18.3 Å². The third-order valence-electron chi connectivity index (χ3n) is 3.15. The molecule has 3 aromatic rings. The summed E-state index contributed by atoms with van der Waals surface area (Å²) in [5.41, 5.74) is 0.982. The molecule has 21 heavy (non-hydrogen) atoms. The largest absolute Gasteiger partial charge is 0.467 e. The van der Waals surface area contributed by atoms with Crippen LogP contribution in [0.5, 0.6) is 0 Å². The molecule has 0 bridgehead atoms. The number of aliphatic hydroxyl groups is 1. The molecule has 0 spiro atoms. The summed E-state index contributed by atoms with van der Waals surface area (Å²) < 4.78 is 18.1. The van der Waals surface area contributed by atoms with Crippen molar-refractivity contribution >= 4 is 16.8 Å². The van der Waals surface area contributed by atoms with Gasteiger partial charge >= 0.3 is 0 Å². The summed E-state index contributed by atoms with van der Waals surface area (Å²) in [6.45, 7) is 0.0239. The van der Waals surface area contributed by atoms with Crippen LogP contribution in [0.3, 0.4) is 0 Å². The molecule has 1 aromatic carbocycles. The normalized spacial score (nSPS) is 12.5. The van der Waals surface area contributed by atoms with Gasteiger partial charge in [-0.3, -0.25) is 4.79 Å². The average molecular weight is 288 g/mol. The lowest BCUT2D eigenvalue weighted by atomic mass is 10.2. The second-order valence-corrected chi connectivity index (χ2v) is 4.66. The number of amides is 1. The minimum Gasteiger partial charge on any atom is -0.467 e.